The van der Waals surface area contributed by atoms with E-state index in [0.29, 0.717) is 5.56 Å². The van der Waals surface area contributed by atoms with Crippen molar-refractivity contribution in [3.63, 3.8) is 0 Å². The van der Waals surface area contributed by atoms with Crippen molar-refractivity contribution in [2.24, 2.45) is 0 Å². The van der Waals surface area contributed by atoms with Crippen LogP contribution in [0.1, 0.15) is 28.9 Å². The second kappa shape index (κ2) is 7.78. The van der Waals surface area contributed by atoms with E-state index in [1.54, 1.807) is 0 Å². The zero-order valence-electron chi connectivity index (χ0n) is 14.3. The lowest BCUT2D eigenvalue weighted by atomic mass is 10.0. The number of amides is 2. The molecule has 0 bridgehead atoms. The maximum Gasteiger partial charge on any atom is 0.251 e. The van der Waals surface area contributed by atoms with Gasteiger partial charge in [-0.25, -0.2) is 4.39 Å². The van der Waals surface area contributed by atoms with Gasteiger partial charge in [0.05, 0.1) is 12.6 Å². The molecule has 0 heterocycles. The van der Waals surface area contributed by atoms with Crippen LogP contribution in [0.5, 0.6) is 0 Å². The van der Waals surface area contributed by atoms with E-state index >= 15 is 0 Å². The number of benzene rings is 3. The van der Waals surface area contributed by atoms with Gasteiger partial charge in [-0.1, -0.05) is 36.4 Å². The van der Waals surface area contributed by atoms with E-state index in [9.17, 15) is 14.0 Å². The van der Waals surface area contributed by atoms with Crippen molar-refractivity contribution in [1.82, 2.24) is 10.6 Å². The fourth-order valence-corrected chi connectivity index (χ4v) is 2.72. The highest BCUT2D eigenvalue weighted by atomic mass is 19.1. The number of fused-ring (bicyclic) bond motifs is 1. The monoisotopic (exact) mass is 350 g/mol. The Morgan fingerprint density at radius 1 is 0.962 bits per heavy atom. The van der Waals surface area contributed by atoms with Crippen molar-refractivity contribution in [3.8, 4) is 0 Å². The molecule has 2 N–H and O–H groups in total. The molecule has 132 valence electrons. The predicted octanol–water partition coefficient (Wildman–Crippen LogP) is 3.59. The molecule has 0 saturated heterocycles. The minimum atomic E-state index is -0.418. The van der Waals surface area contributed by atoms with Crippen LogP contribution in [0.4, 0.5) is 4.39 Å². The van der Waals surface area contributed by atoms with Crippen LogP contribution in [-0.2, 0) is 4.79 Å². The summed E-state index contributed by atoms with van der Waals surface area (Å²) in [4.78, 5) is 24.0. The molecule has 3 aromatic carbocycles. The van der Waals surface area contributed by atoms with Gasteiger partial charge < -0.3 is 10.6 Å². The molecule has 3 aromatic rings. The first kappa shape index (κ1) is 17.6. The number of hydrogen-bond acceptors (Lipinski definition) is 2. The number of rotatable bonds is 5. The summed E-state index contributed by atoms with van der Waals surface area (Å²) in [5, 5.41) is 7.64. The van der Waals surface area contributed by atoms with E-state index in [1.807, 2.05) is 49.4 Å². The van der Waals surface area contributed by atoms with E-state index in [1.165, 1.54) is 24.3 Å². The minimum absolute atomic E-state index is 0.145. The summed E-state index contributed by atoms with van der Waals surface area (Å²) in [6, 6.07) is 19.0. The lowest BCUT2D eigenvalue weighted by Gasteiger charge is -2.15. The zero-order chi connectivity index (χ0) is 18.5. The molecule has 26 heavy (non-hydrogen) atoms. The summed E-state index contributed by atoms with van der Waals surface area (Å²) >= 11 is 0. The topological polar surface area (TPSA) is 58.2 Å². The zero-order valence-corrected chi connectivity index (χ0v) is 14.3. The standard InChI is InChI=1S/C21H19FN2O2/c1-14(17-7-6-15-4-2-3-5-18(15)12-17)24-20(25)13-23-21(26)16-8-10-19(22)11-9-16/h2-12,14H,13H2,1H3,(H,23,26)(H,24,25)/t14-/m1/s1. The number of carbonyl (C=O) groups excluding carboxylic acids is 2. The molecular weight excluding hydrogens is 331 g/mol. The van der Waals surface area contributed by atoms with E-state index in [-0.39, 0.29) is 18.5 Å². The van der Waals surface area contributed by atoms with Crippen LogP contribution in [0.15, 0.2) is 66.7 Å². The van der Waals surface area contributed by atoms with Crippen LogP contribution >= 0.6 is 0 Å². The Morgan fingerprint density at radius 3 is 2.38 bits per heavy atom. The molecule has 4 nitrogen and oxygen atoms in total. The van der Waals surface area contributed by atoms with E-state index < -0.39 is 11.7 Å². The second-order valence-electron chi connectivity index (χ2n) is 6.09. The van der Waals surface area contributed by atoms with Gasteiger partial charge in [-0.3, -0.25) is 9.59 Å². The van der Waals surface area contributed by atoms with Crippen LogP contribution in [0.3, 0.4) is 0 Å². The van der Waals surface area contributed by atoms with Gasteiger partial charge in [0.25, 0.3) is 5.91 Å². The van der Waals surface area contributed by atoms with Crippen LogP contribution in [-0.4, -0.2) is 18.4 Å². The van der Waals surface area contributed by atoms with Crippen molar-refractivity contribution in [2.75, 3.05) is 6.54 Å². The summed E-state index contributed by atoms with van der Waals surface area (Å²) < 4.78 is 12.9. The van der Waals surface area contributed by atoms with E-state index in [2.05, 4.69) is 10.6 Å². The van der Waals surface area contributed by atoms with Gasteiger partial charge in [-0.15, -0.1) is 0 Å². The van der Waals surface area contributed by atoms with Crippen LogP contribution in [0.25, 0.3) is 10.8 Å². The highest BCUT2D eigenvalue weighted by molar-refractivity contribution is 5.96. The van der Waals surface area contributed by atoms with Gasteiger partial charge in [-0.05, 0) is 53.6 Å². The number of carbonyl (C=O) groups is 2. The molecule has 2 amide bonds. The maximum atomic E-state index is 12.9. The van der Waals surface area contributed by atoms with Crippen molar-refractivity contribution in [2.45, 2.75) is 13.0 Å². The normalized spacial score (nSPS) is 11.8. The van der Waals surface area contributed by atoms with Crippen LogP contribution in [0.2, 0.25) is 0 Å². The van der Waals surface area contributed by atoms with Gasteiger partial charge >= 0.3 is 0 Å². The van der Waals surface area contributed by atoms with E-state index in [4.69, 9.17) is 0 Å². The van der Waals surface area contributed by atoms with Gasteiger partial charge in [0.1, 0.15) is 5.82 Å². The average molecular weight is 350 g/mol. The van der Waals surface area contributed by atoms with Crippen molar-refractivity contribution < 1.29 is 14.0 Å². The molecule has 0 fully saturated rings. The maximum absolute atomic E-state index is 12.9. The number of halogens is 1. The Morgan fingerprint density at radius 2 is 1.65 bits per heavy atom. The van der Waals surface area contributed by atoms with Crippen molar-refractivity contribution in [3.05, 3.63) is 83.7 Å². The lowest BCUT2D eigenvalue weighted by Crippen LogP contribution is -2.38. The Balaban J connectivity index is 1.56. The van der Waals surface area contributed by atoms with Crippen LogP contribution < -0.4 is 10.6 Å². The molecule has 0 aromatic heterocycles. The molecular formula is C21H19FN2O2. The highest BCUT2D eigenvalue weighted by Crippen LogP contribution is 2.20. The lowest BCUT2D eigenvalue weighted by molar-refractivity contribution is -0.120. The predicted molar refractivity (Wildman–Crippen MR) is 99.2 cm³/mol. The highest BCUT2D eigenvalue weighted by Gasteiger charge is 2.12. The Hall–Kier alpha value is -3.21. The number of nitrogens with one attached hydrogen (secondary N) is 2. The summed E-state index contributed by atoms with van der Waals surface area (Å²) in [5.41, 5.74) is 1.30. The van der Waals surface area contributed by atoms with Gasteiger partial charge in [0.2, 0.25) is 5.91 Å². The van der Waals surface area contributed by atoms with Gasteiger partial charge in [0.15, 0.2) is 0 Å². The fraction of sp³-hybridized carbons (Fsp3) is 0.143. The molecule has 0 saturated carbocycles. The molecule has 0 aliphatic rings. The second-order valence-corrected chi connectivity index (χ2v) is 6.09. The molecule has 0 aliphatic heterocycles. The third kappa shape index (κ3) is 4.25. The molecule has 0 aliphatic carbocycles. The first-order chi connectivity index (χ1) is 12.5. The van der Waals surface area contributed by atoms with E-state index in [0.717, 1.165) is 16.3 Å². The Bertz CT molecular complexity index is 938. The third-order valence-corrected chi connectivity index (χ3v) is 4.17. The van der Waals surface area contributed by atoms with Crippen LogP contribution in [0, 0.1) is 5.82 Å². The number of hydrogen-bond donors (Lipinski definition) is 2. The summed E-state index contributed by atoms with van der Waals surface area (Å²) in [6.07, 6.45) is 0. The SMILES string of the molecule is C[C@@H](NC(=O)CNC(=O)c1ccc(F)cc1)c1ccc2ccccc2c1. The summed E-state index contributed by atoms with van der Waals surface area (Å²) in [7, 11) is 0. The first-order valence-corrected chi connectivity index (χ1v) is 8.35. The average Bonchev–Trinajstić information content (AvgIpc) is 2.66. The Kier molecular flexibility index (Phi) is 5.27. The summed E-state index contributed by atoms with van der Waals surface area (Å²) in [6.45, 7) is 1.75. The third-order valence-electron chi connectivity index (χ3n) is 4.17. The molecule has 5 heteroatoms. The quantitative estimate of drug-likeness (QED) is 0.739. The minimum Gasteiger partial charge on any atom is -0.348 e. The van der Waals surface area contributed by atoms with Crippen molar-refractivity contribution in [1.29, 1.82) is 0 Å². The smallest absolute Gasteiger partial charge is 0.251 e. The van der Waals surface area contributed by atoms with Gasteiger partial charge in [0, 0.05) is 5.56 Å². The molecule has 0 spiro atoms. The molecule has 1 atom stereocenters. The first-order valence-electron chi connectivity index (χ1n) is 8.35. The molecule has 3 rings (SSSR count). The largest absolute Gasteiger partial charge is 0.348 e. The van der Waals surface area contributed by atoms with Gasteiger partial charge in [-0.2, -0.15) is 0 Å². The molecule has 0 unspecified atom stereocenters. The Labute approximate surface area is 151 Å². The molecule has 0 radical (unpaired) electrons. The van der Waals surface area contributed by atoms with Crippen molar-refractivity contribution >= 4 is 22.6 Å². The summed E-state index contributed by atoms with van der Waals surface area (Å²) in [5.74, 6) is -1.12. The fourth-order valence-electron chi connectivity index (χ4n) is 2.72.